The lowest BCUT2D eigenvalue weighted by molar-refractivity contribution is 0.465. The van der Waals surface area contributed by atoms with Crippen molar-refractivity contribution >= 4 is 11.6 Å². The molecule has 6 heteroatoms. The molecule has 2 heterocycles. The maximum atomic E-state index is 5.50. The molecule has 2 aromatic rings. The lowest BCUT2D eigenvalue weighted by atomic mass is 10.4. The Hall–Kier alpha value is -2.11. The molecule has 18 heavy (non-hydrogen) atoms. The van der Waals surface area contributed by atoms with Crippen molar-refractivity contribution < 1.29 is 4.42 Å². The average Bonchev–Trinajstić information content (AvgIpc) is 2.85. The Morgan fingerprint density at radius 3 is 2.56 bits per heavy atom. The molecule has 0 atom stereocenters. The number of aromatic nitrogens is 3. The Bertz CT molecular complexity index is 497. The summed E-state index contributed by atoms with van der Waals surface area (Å²) in [6.45, 7) is 5.40. The molecule has 0 saturated carbocycles. The van der Waals surface area contributed by atoms with Crippen LogP contribution in [-0.4, -0.2) is 21.5 Å². The van der Waals surface area contributed by atoms with E-state index in [1.807, 2.05) is 19.9 Å². The second-order valence-electron chi connectivity index (χ2n) is 3.75. The summed E-state index contributed by atoms with van der Waals surface area (Å²) in [5, 5.41) is 6.28. The van der Waals surface area contributed by atoms with Crippen molar-refractivity contribution in [1.29, 1.82) is 0 Å². The molecule has 0 radical (unpaired) electrons. The summed E-state index contributed by atoms with van der Waals surface area (Å²) in [7, 11) is 0. The molecular formula is C12H17N5O. The van der Waals surface area contributed by atoms with Gasteiger partial charge < -0.3 is 15.1 Å². The summed E-state index contributed by atoms with van der Waals surface area (Å²) in [4.78, 5) is 12.4. The Morgan fingerprint density at radius 1 is 1.11 bits per heavy atom. The molecule has 0 amide bonds. The van der Waals surface area contributed by atoms with Crippen LogP contribution in [0.25, 0.3) is 0 Å². The van der Waals surface area contributed by atoms with Crippen LogP contribution >= 0.6 is 0 Å². The second kappa shape index (κ2) is 6.00. The van der Waals surface area contributed by atoms with Gasteiger partial charge in [-0.25, -0.2) is 15.0 Å². The zero-order valence-electron chi connectivity index (χ0n) is 10.6. The van der Waals surface area contributed by atoms with Gasteiger partial charge in [0.2, 0.25) is 5.89 Å². The van der Waals surface area contributed by atoms with Crippen molar-refractivity contribution in [1.82, 2.24) is 15.0 Å². The summed E-state index contributed by atoms with van der Waals surface area (Å²) in [6, 6.07) is 1.85. The smallest absolute Gasteiger partial charge is 0.213 e. The molecule has 0 fully saturated rings. The Balaban J connectivity index is 1.94. The third kappa shape index (κ3) is 3.19. The molecule has 0 saturated heterocycles. The van der Waals surface area contributed by atoms with Gasteiger partial charge in [0.25, 0.3) is 0 Å². The summed E-state index contributed by atoms with van der Waals surface area (Å²) < 4.78 is 5.50. The number of aryl methyl sites for hydroxylation is 1. The number of hydrogen-bond donors (Lipinski definition) is 2. The maximum absolute atomic E-state index is 5.50. The molecule has 0 aliphatic heterocycles. The molecule has 0 unspecified atom stereocenters. The van der Waals surface area contributed by atoms with Crippen molar-refractivity contribution in [2.24, 2.45) is 0 Å². The van der Waals surface area contributed by atoms with Crippen molar-refractivity contribution in [3.63, 3.8) is 0 Å². The quantitative estimate of drug-likeness (QED) is 0.813. The molecule has 0 aliphatic carbocycles. The van der Waals surface area contributed by atoms with Gasteiger partial charge in [-0.15, -0.1) is 0 Å². The first-order chi connectivity index (χ1) is 8.81. The largest absolute Gasteiger partial charge is 0.444 e. The van der Waals surface area contributed by atoms with Crippen LogP contribution in [-0.2, 0) is 13.0 Å². The zero-order chi connectivity index (χ0) is 12.8. The lowest BCUT2D eigenvalue weighted by Gasteiger charge is -2.05. The van der Waals surface area contributed by atoms with Crippen LogP contribution < -0.4 is 10.6 Å². The van der Waals surface area contributed by atoms with Crippen LogP contribution in [0.15, 0.2) is 23.0 Å². The van der Waals surface area contributed by atoms with Crippen LogP contribution in [0, 0.1) is 0 Å². The third-order valence-electron chi connectivity index (χ3n) is 2.40. The highest BCUT2D eigenvalue weighted by atomic mass is 16.4. The molecular weight excluding hydrogens is 230 g/mol. The lowest BCUT2D eigenvalue weighted by Crippen LogP contribution is -2.04. The standard InChI is InChI=1S/C12H17N5O/c1-3-9-6-15-12(18-9)7-14-11-5-10(13-4-2)16-8-17-11/h5-6,8H,3-4,7H2,1-2H3,(H2,13,14,16,17). The molecule has 0 bridgehead atoms. The third-order valence-corrected chi connectivity index (χ3v) is 2.40. The van der Waals surface area contributed by atoms with E-state index < -0.39 is 0 Å². The van der Waals surface area contributed by atoms with Crippen LogP contribution in [0.3, 0.4) is 0 Å². The fraction of sp³-hybridized carbons (Fsp3) is 0.417. The Kier molecular flexibility index (Phi) is 4.11. The first-order valence-electron chi connectivity index (χ1n) is 6.05. The predicted octanol–water partition coefficient (Wildman–Crippen LogP) is 2.07. The first kappa shape index (κ1) is 12.3. The molecule has 0 aromatic carbocycles. The maximum Gasteiger partial charge on any atom is 0.213 e. The molecule has 0 spiro atoms. The SMILES string of the molecule is CCNc1cc(NCc2ncc(CC)o2)ncn1. The van der Waals surface area contributed by atoms with E-state index >= 15 is 0 Å². The minimum atomic E-state index is 0.516. The van der Waals surface area contributed by atoms with Gasteiger partial charge >= 0.3 is 0 Å². The van der Waals surface area contributed by atoms with Crippen molar-refractivity contribution in [3.8, 4) is 0 Å². The number of oxazole rings is 1. The van der Waals surface area contributed by atoms with E-state index in [0.29, 0.717) is 12.4 Å². The van der Waals surface area contributed by atoms with Gasteiger partial charge in [0.15, 0.2) is 0 Å². The van der Waals surface area contributed by atoms with Crippen molar-refractivity contribution in [3.05, 3.63) is 30.2 Å². The van der Waals surface area contributed by atoms with Crippen LogP contribution in [0.1, 0.15) is 25.5 Å². The van der Waals surface area contributed by atoms with Gasteiger partial charge in [-0.1, -0.05) is 6.92 Å². The van der Waals surface area contributed by atoms with Crippen molar-refractivity contribution in [2.45, 2.75) is 26.8 Å². The number of rotatable bonds is 6. The van der Waals surface area contributed by atoms with E-state index in [4.69, 9.17) is 4.42 Å². The number of nitrogens with one attached hydrogen (secondary N) is 2. The van der Waals surface area contributed by atoms with Gasteiger partial charge in [0, 0.05) is 19.0 Å². The van der Waals surface area contributed by atoms with Gasteiger partial charge in [-0.05, 0) is 6.92 Å². The average molecular weight is 247 g/mol. The first-order valence-corrected chi connectivity index (χ1v) is 6.05. The highest BCUT2D eigenvalue weighted by Gasteiger charge is 2.03. The summed E-state index contributed by atoms with van der Waals surface area (Å²) in [5.74, 6) is 3.10. The molecule has 0 aliphatic rings. The summed E-state index contributed by atoms with van der Waals surface area (Å²) in [6.07, 6.45) is 4.12. The minimum Gasteiger partial charge on any atom is -0.444 e. The normalized spacial score (nSPS) is 10.3. The fourth-order valence-electron chi connectivity index (χ4n) is 1.49. The van der Waals surface area contributed by atoms with Gasteiger partial charge in [0.05, 0.1) is 12.7 Å². The summed E-state index contributed by atoms with van der Waals surface area (Å²) in [5.41, 5.74) is 0. The number of nitrogens with zero attached hydrogens (tertiary/aromatic N) is 3. The Morgan fingerprint density at radius 2 is 1.89 bits per heavy atom. The molecule has 96 valence electrons. The number of anilines is 2. The van der Waals surface area contributed by atoms with E-state index in [1.165, 1.54) is 6.33 Å². The van der Waals surface area contributed by atoms with Crippen LogP contribution in [0.5, 0.6) is 0 Å². The second-order valence-corrected chi connectivity index (χ2v) is 3.75. The molecule has 2 N–H and O–H groups in total. The molecule has 2 rings (SSSR count). The highest BCUT2D eigenvalue weighted by molar-refractivity contribution is 5.46. The Labute approximate surface area is 106 Å². The van der Waals surface area contributed by atoms with Gasteiger partial charge in [-0.2, -0.15) is 0 Å². The van der Waals surface area contributed by atoms with E-state index in [9.17, 15) is 0 Å². The zero-order valence-corrected chi connectivity index (χ0v) is 10.6. The fourth-order valence-corrected chi connectivity index (χ4v) is 1.49. The minimum absolute atomic E-state index is 0.516. The van der Waals surface area contributed by atoms with E-state index in [-0.39, 0.29) is 0 Å². The molecule has 6 nitrogen and oxygen atoms in total. The van der Waals surface area contributed by atoms with E-state index in [2.05, 4.69) is 25.6 Å². The van der Waals surface area contributed by atoms with Gasteiger partial charge in [0.1, 0.15) is 23.7 Å². The topological polar surface area (TPSA) is 75.9 Å². The molecule has 2 aromatic heterocycles. The highest BCUT2D eigenvalue weighted by Crippen LogP contribution is 2.10. The van der Waals surface area contributed by atoms with Crippen molar-refractivity contribution in [2.75, 3.05) is 17.2 Å². The summed E-state index contributed by atoms with van der Waals surface area (Å²) >= 11 is 0. The monoisotopic (exact) mass is 247 g/mol. The van der Waals surface area contributed by atoms with Gasteiger partial charge in [-0.3, -0.25) is 0 Å². The van der Waals surface area contributed by atoms with E-state index in [0.717, 1.165) is 30.4 Å². The van der Waals surface area contributed by atoms with Crippen LogP contribution in [0.2, 0.25) is 0 Å². The van der Waals surface area contributed by atoms with Crippen LogP contribution in [0.4, 0.5) is 11.6 Å². The number of hydrogen-bond acceptors (Lipinski definition) is 6. The predicted molar refractivity (Wildman–Crippen MR) is 69.4 cm³/mol. The van der Waals surface area contributed by atoms with E-state index in [1.54, 1.807) is 6.20 Å².